The Bertz CT molecular complexity index is 893. The first-order valence-corrected chi connectivity index (χ1v) is 7.21. The van der Waals surface area contributed by atoms with Gasteiger partial charge >= 0.3 is 12.2 Å². The molecule has 5 nitrogen and oxygen atoms in total. The van der Waals surface area contributed by atoms with E-state index in [2.05, 4.69) is 20.2 Å². The van der Waals surface area contributed by atoms with Gasteiger partial charge in [0.25, 0.3) is 0 Å². The van der Waals surface area contributed by atoms with E-state index in [0.717, 1.165) is 12.1 Å². The Morgan fingerprint density at radius 3 is 2.68 bits per heavy atom. The predicted octanol–water partition coefficient (Wildman–Crippen LogP) is 4.31. The van der Waals surface area contributed by atoms with Gasteiger partial charge in [-0.25, -0.2) is 13.8 Å². The molecule has 0 radical (unpaired) electrons. The van der Waals surface area contributed by atoms with Crippen LogP contribution in [0.1, 0.15) is 18.5 Å². The molecule has 1 aromatic carbocycles. The van der Waals surface area contributed by atoms with Crippen molar-refractivity contribution >= 4 is 11.0 Å². The van der Waals surface area contributed by atoms with E-state index in [9.17, 15) is 22.0 Å². The zero-order valence-corrected chi connectivity index (χ0v) is 12.6. The number of halogens is 5. The Hall–Kier alpha value is -2.78. The summed E-state index contributed by atoms with van der Waals surface area (Å²) in [5.74, 6) is -1.93. The number of alkyl halides is 3. The van der Waals surface area contributed by atoms with Gasteiger partial charge < -0.3 is 4.74 Å². The van der Waals surface area contributed by atoms with Gasteiger partial charge in [0.1, 0.15) is 5.82 Å². The van der Waals surface area contributed by atoms with Gasteiger partial charge in [0.2, 0.25) is 0 Å². The number of hydrogen-bond acceptors (Lipinski definition) is 4. The normalized spacial score (nSPS) is 11.9. The minimum Gasteiger partial charge on any atom is -0.421 e. The molecule has 0 amide bonds. The largest absolute Gasteiger partial charge is 0.421 e. The molecular formula is C15H11F5N4O. The molecule has 25 heavy (non-hydrogen) atoms. The van der Waals surface area contributed by atoms with E-state index < -0.39 is 24.2 Å². The second-order valence-electron chi connectivity index (χ2n) is 5.23. The van der Waals surface area contributed by atoms with Crippen LogP contribution >= 0.6 is 0 Å². The number of nitrogens with zero attached hydrogens (tertiary/aromatic N) is 3. The summed E-state index contributed by atoms with van der Waals surface area (Å²) in [6, 6.07) is 2.56. The molecule has 3 aromatic rings. The van der Waals surface area contributed by atoms with Crippen LogP contribution in [0.2, 0.25) is 0 Å². The second kappa shape index (κ2) is 6.61. The summed E-state index contributed by atoms with van der Waals surface area (Å²) in [4.78, 5) is 7.86. The lowest BCUT2D eigenvalue weighted by Crippen LogP contribution is -2.07. The quantitative estimate of drug-likeness (QED) is 0.691. The van der Waals surface area contributed by atoms with Crippen molar-refractivity contribution in [2.75, 3.05) is 0 Å². The van der Waals surface area contributed by atoms with Crippen molar-refractivity contribution in [3.8, 4) is 11.8 Å². The van der Waals surface area contributed by atoms with E-state index in [0.29, 0.717) is 17.1 Å². The van der Waals surface area contributed by atoms with Crippen LogP contribution in [0.15, 0.2) is 24.4 Å². The first-order valence-electron chi connectivity index (χ1n) is 7.21. The van der Waals surface area contributed by atoms with Crippen LogP contribution in [0.25, 0.3) is 11.0 Å². The molecule has 0 spiro atoms. The van der Waals surface area contributed by atoms with Crippen LogP contribution in [-0.2, 0) is 6.42 Å². The molecule has 0 saturated carbocycles. The molecule has 3 rings (SSSR count). The maximum atomic E-state index is 13.6. The molecule has 0 saturated heterocycles. The van der Waals surface area contributed by atoms with E-state index in [-0.39, 0.29) is 30.2 Å². The molecule has 10 heteroatoms. The first-order chi connectivity index (χ1) is 11.8. The third kappa shape index (κ3) is 4.20. The van der Waals surface area contributed by atoms with Crippen LogP contribution < -0.4 is 4.74 Å². The molecule has 0 fully saturated rings. The maximum Gasteiger partial charge on any atom is 0.389 e. The zero-order valence-electron chi connectivity index (χ0n) is 12.6. The summed E-state index contributed by atoms with van der Waals surface area (Å²) in [7, 11) is 0. The Balaban J connectivity index is 1.75. The first kappa shape index (κ1) is 17.1. The molecule has 0 unspecified atom stereocenters. The summed E-state index contributed by atoms with van der Waals surface area (Å²) in [5.41, 5.74) is 0.647. The summed E-state index contributed by atoms with van der Waals surface area (Å²) < 4.78 is 68.1. The van der Waals surface area contributed by atoms with Crippen molar-refractivity contribution in [2.24, 2.45) is 0 Å². The van der Waals surface area contributed by atoms with Gasteiger partial charge in [0, 0.05) is 18.7 Å². The number of ether oxygens (including phenoxy) is 1. The molecule has 0 aliphatic carbocycles. The highest BCUT2D eigenvalue weighted by atomic mass is 19.4. The van der Waals surface area contributed by atoms with E-state index in [1.165, 1.54) is 6.20 Å². The molecule has 2 aromatic heterocycles. The number of benzene rings is 1. The van der Waals surface area contributed by atoms with Gasteiger partial charge in [-0.1, -0.05) is 0 Å². The fourth-order valence-electron chi connectivity index (χ4n) is 2.20. The fourth-order valence-corrected chi connectivity index (χ4v) is 2.20. The lowest BCUT2D eigenvalue weighted by atomic mass is 10.1. The predicted molar refractivity (Wildman–Crippen MR) is 77.1 cm³/mol. The van der Waals surface area contributed by atoms with Gasteiger partial charge in [-0.3, -0.25) is 5.10 Å². The minimum absolute atomic E-state index is 0.107. The number of fused-ring (bicyclic) bond motifs is 1. The summed E-state index contributed by atoms with van der Waals surface area (Å²) in [6.45, 7) is 0. The van der Waals surface area contributed by atoms with Crippen LogP contribution in [-0.4, -0.2) is 26.3 Å². The standard InChI is InChI=1S/C15H11F5N4O/c16-8-3-4-12(10(17)6-8)25-14-21-7-9-11(23-24-13(9)22-14)2-1-5-15(18,19)20/h3-4,6-7H,1-2,5H2,(H,21,22,23,24). The second-order valence-corrected chi connectivity index (χ2v) is 5.23. The highest BCUT2D eigenvalue weighted by molar-refractivity contribution is 5.76. The topological polar surface area (TPSA) is 63.7 Å². The average Bonchev–Trinajstić information content (AvgIpc) is 2.91. The van der Waals surface area contributed by atoms with E-state index >= 15 is 0 Å². The number of H-pyrrole nitrogens is 1. The van der Waals surface area contributed by atoms with Crippen molar-refractivity contribution in [2.45, 2.75) is 25.4 Å². The lowest BCUT2D eigenvalue weighted by Gasteiger charge is -2.05. The molecule has 0 aliphatic rings. The summed E-state index contributed by atoms with van der Waals surface area (Å²) in [5, 5.41) is 6.94. The van der Waals surface area contributed by atoms with Gasteiger partial charge in [-0.15, -0.1) is 0 Å². The van der Waals surface area contributed by atoms with E-state index in [1.54, 1.807) is 0 Å². The smallest absolute Gasteiger partial charge is 0.389 e. The van der Waals surface area contributed by atoms with E-state index in [1.807, 2.05) is 0 Å². The molecule has 0 atom stereocenters. The Morgan fingerprint density at radius 1 is 1.16 bits per heavy atom. The third-order valence-electron chi connectivity index (χ3n) is 3.34. The van der Waals surface area contributed by atoms with Crippen molar-refractivity contribution in [1.29, 1.82) is 0 Å². The Kier molecular flexibility index (Phi) is 4.51. The number of rotatable bonds is 5. The SMILES string of the molecule is Fc1ccc(Oc2ncc3c(CCCC(F)(F)F)n[nH]c3n2)c(F)c1. The van der Waals surface area contributed by atoms with Crippen molar-refractivity contribution in [3.63, 3.8) is 0 Å². The number of hydrogen-bond donors (Lipinski definition) is 1. The minimum atomic E-state index is -4.22. The molecule has 132 valence electrons. The van der Waals surface area contributed by atoms with Crippen molar-refractivity contribution in [3.05, 3.63) is 41.7 Å². The third-order valence-corrected chi connectivity index (χ3v) is 3.34. The van der Waals surface area contributed by atoms with Gasteiger partial charge in [-0.2, -0.15) is 23.3 Å². The van der Waals surface area contributed by atoms with Crippen LogP contribution in [0.5, 0.6) is 11.8 Å². The van der Waals surface area contributed by atoms with Crippen LogP contribution in [0, 0.1) is 11.6 Å². The highest BCUT2D eigenvalue weighted by Crippen LogP contribution is 2.26. The van der Waals surface area contributed by atoms with Crippen LogP contribution in [0.3, 0.4) is 0 Å². The molecule has 1 N–H and O–H groups in total. The summed E-state index contributed by atoms with van der Waals surface area (Å²) in [6.07, 6.45) is -3.81. The number of aromatic nitrogens is 4. The monoisotopic (exact) mass is 358 g/mol. The van der Waals surface area contributed by atoms with Crippen molar-refractivity contribution in [1.82, 2.24) is 20.2 Å². The lowest BCUT2D eigenvalue weighted by molar-refractivity contribution is -0.135. The summed E-state index contributed by atoms with van der Waals surface area (Å²) >= 11 is 0. The maximum absolute atomic E-state index is 13.6. The van der Waals surface area contributed by atoms with Crippen LogP contribution in [0.4, 0.5) is 22.0 Å². The molecule has 0 bridgehead atoms. The van der Waals surface area contributed by atoms with Gasteiger partial charge in [0.05, 0.1) is 11.1 Å². The molecule has 0 aliphatic heterocycles. The fraction of sp³-hybridized carbons (Fsp3) is 0.267. The van der Waals surface area contributed by atoms with Gasteiger partial charge in [0.15, 0.2) is 17.2 Å². The molecular weight excluding hydrogens is 347 g/mol. The number of aryl methyl sites for hydroxylation is 1. The Morgan fingerprint density at radius 2 is 1.96 bits per heavy atom. The zero-order chi connectivity index (χ0) is 18.0. The van der Waals surface area contributed by atoms with Crippen molar-refractivity contribution < 1.29 is 26.7 Å². The number of nitrogens with one attached hydrogen (secondary N) is 1. The van der Waals surface area contributed by atoms with Gasteiger partial charge in [-0.05, 0) is 25.0 Å². The average molecular weight is 358 g/mol. The Labute approximate surface area is 137 Å². The molecule has 2 heterocycles. The number of aromatic amines is 1. The van der Waals surface area contributed by atoms with E-state index in [4.69, 9.17) is 4.74 Å². The highest BCUT2D eigenvalue weighted by Gasteiger charge is 2.26.